The Hall–Kier alpha value is -1.32. The maximum atomic E-state index is 4.43. The highest BCUT2D eigenvalue weighted by Crippen LogP contribution is 2.23. The normalized spacial score (nSPS) is 12.5. The minimum Gasteiger partial charge on any atom is -0.370 e. The summed E-state index contributed by atoms with van der Waals surface area (Å²) in [5.41, 5.74) is 1.21. The van der Waals surface area contributed by atoms with Gasteiger partial charge in [0.15, 0.2) is 0 Å². The molecule has 19 heavy (non-hydrogen) atoms. The summed E-state index contributed by atoms with van der Waals surface area (Å²) in [5, 5.41) is 6.92. The van der Waals surface area contributed by atoms with Crippen LogP contribution in [0.15, 0.2) is 6.33 Å². The molecule has 0 amide bonds. The summed E-state index contributed by atoms with van der Waals surface area (Å²) < 4.78 is 0. The highest BCUT2D eigenvalue weighted by molar-refractivity contribution is 5.57. The number of nitrogens with one attached hydrogen (secondary N) is 2. The van der Waals surface area contributed by atoms with Crippen LogP contribution in [0, 0.1) is 5.92 Å². The number of rotatable bonds is 8. The summed E-state index contributed by atoms with van der Waals surface area (Å²) in [6.07, 6.45) is 4.84. The van der Waals surface area contributed by atoms with Gasteiger partial charge >= 0.3 is 0 Å². The monoisotopic (exact) mass is 264 g/mol. The maximum Gasteiger partial charge on any atom is 0.134 e. The Kier molecular flexibility index (Phi) is 6.60. The molecule has 0 fully saturated rings. The maximum absolute atomic E-state index is 4.43. The molecule has 0 bridgehead atoms. The summed E-state index contributed by atoms with van der Waals surface area (Å²) in [6.45, 7) is 11.9. The smallest absolute Gasteiger partial charge is 0.134 e. The second kappa shape index (κ2) is 7.97. The van der Waals surface area contributed by atoms with Crippen molar-refractivity contribution < 1.29 is 0 Å². The third-order valence-corrected chi connectivity index (χ3v) is 3.35. The van der Waals surface area contributed by atoms with Crippen molar-refractivity contribution in [2.45, 2.75) is 59.9 Å². The molecule has 1 heterocycles. The first-order valence-corrected chi connectivity index (χ1v) is 7.44. The van der Waals surface area contributed by atoms with E-state index < -0.39 is 0 Å². The first-order chi connectivity index (χ1) is 9.10. The van der Waals surface area contributed by atoms with E-state index in [1.807, 2.05) is 0 Å². The van der Waals surface area contributed by atoms with E-state index in [-0.39, 0.29) is 0 Å². The average molecular weight is 264 g/mol. The van der Waals surface area contributed by atoms with Gasteiger partial charge in [0.05, 0.1) is 0 Å². The molecular weight excluding hydrogens is 236 g/mol. The molecule has 0 aromatic carbocycles. The lowest BCUT2D eigenvalue weighted by Crippen LogP contribution is -2.23. The third-order valence-electron chi connectivity index (χ3n) is 3.35. The molecule has 1 atom stereocenters. The Bertz CT molecular complexity index is 376. The molecule has 0 radical (unpaired) electrons. The lowest BCUT2D eigenvalue weighted by molar-refractivity contribution is 0.557. The van der Waals surface area contributed by atoms with Crippen LogP contribution in [0.3, 0.4) is 0 Å². The molecule has 108 valence electrons. The van der Waals surface area contributed by atoms with Crippen molar-refractivity contribution in [1.29, 1.82) is 0 Å². The van der Waals surface area contributed by atoms with Crippen LogP contribution in [0.5, 0.6) is 0 Å². The predicted octanol–water partition coefficient (Wildman–Crippen LogP) is 3.71. The molecule has 0 aliphatic heterocycles. The van der Waals surface area contributed by atoms with Crippen molar-refractivity contribution in [3.05, 3.63) is 11.9 Å². The average Bonchev–Trinajstić information content (AvgIpc) is 2.39. The largest absolute Gasteiger partial charge is 0.370 e. The molecule has 0 aliphatic carbocycles. The van der Waals surface area contributed by atoms with Crippen LogP contribution in [0.25, 0.3) is 0 Å². The van der Waals surface area contributed by atoms with Gasteiger partial charge in [-0.3, -0.25) is 0 Å². The quantitative estimate of drug-likeness (QED) is 0.751. The zero-order valence-corrected chi connectivity index (χ0v) is 13.0. The molecule has 1 aromatic heterocycles. The summed E-state index contributed by atoms with van der Waals surface area (Å²) in [7, 11) is 0. The van der Waals surface area contributed by atoms with E-state index in [0.29, 0.717) is 12.0 Å². The highest BCUT2D eigenvalue weighted by Gasteiger charge is 2.14. The van der Waals surface area contributed by atoms with E-state index in [9.17, 15) is 0 Å². The van der Waals surface area contributed by atoms with Gasteiger partial charge in [0.2, 0.25) is 0 Å². The standard InChI is InChI=1S/C15H28N4/c1-6-8-13-14(16-9-7-2)17-10-18-15(13)19-12(5)11(3)4/h10-12H,6-9H2,1-5H3,(H2,16,17,18,19). The summed E-state index contributed by atoms with van der Waals surface area (Å²) >= 11 is 0. The lowest BCUT2D eigenvalue weighted by Gasteiger charge is -2.21. The van der Waals surface area contributed by atoms with Gasteiger partial charge in [-0.15, -0.1) is 0 Å². The van der Waals surface area contributed by atoms with Gasteiger partial charge in [-0.25, -0.2) is 9.97 Å². The number of hydrogen-bond donors (Lipinski definition) is 2. The number of hydrogen-bond acceptors (Lipinski definition) is 4. The molecule has 0 saturated carbocycles. The van der Waals surface area contributed by atoms with Crippen molar-refractivity contribution in [3.63, 3.8) is 0 Å². The molecule has 2 N–H and O–H groups in total. The van der Waals surface area contributed by atoms with Gasteiger partial charge in [-0.1, -0.05) is 34.1 Å². The lowest BCUT2D eigenvalue weighted by atomic mass is 10.1. The number of nitrogens with zero attached hydrogens (tertiary/aromatic N) is 2. The Morgan fingerprint density at radius 1 is 1.05 bits per heavy atom. The fourth-order valence-electron chi connectivity index (χ4n) is 1.80. The van der Waals surface area contributed by atoms with Crippen LogP contribution in [-0.4, -0.2) is 22.6 Å². The second-order valence-corrected chi connectivity index (χ2v) is 5.40. The van der Waals surface area contributed by atoms with E-state index >= 15 is 0 Å². The zero-order valence-electron chi connectivity index (χ0n) is 13.0. The van der Waals surface area contributed by atoms with Crippen LogP contribution >= 0.6 is 0 Å². The van der Waals surface area contributed by atoms with Crippen LogP contribution in [0.2, 0.25) is 0 Å². The van der Waals surface area contributed by atoms with Crippen LogP contribution in [-0.2, 0) is 6.42 Å². The molecule has 4 nitrogen and oxygen atoms in total. The van der Waals surface area contributed by atoms with Gasteiger partial charge in [0, 0.05) is 18.2 Å². The Labute approximate surface area is 117 Å². The zero-order chi connectivity index (χ0) is 14.3. The summed E-state index contributed by atoms with van der Waals surface area (Å²) in [6, 6.07) is 0.407. The summed E-state index contributed by atoms with van der Waals surface area (Å²) in [4.78, 5) is 8.81. The van der Waals surface area contributed by atoms with E-state index in [4.69, 9.17) is 0 Å². The van der Waals surface area contributed by atoms with Crippen molar-refractivity contribution in [2.75, 3.05) is 17.2 Å². The van der Waals surface area contributed by atoms with Crippen LogP contribution in [0.1, 0.15) is 53.0 Å². The summed E-state index contributed by atoms with van der Waals surface area (Å²) in [5.74, 6) is 2.55. The Morgan fingerprint density at radius 3 is 2.32 bits per heavy atom. The molecular formula is C15H28N4. The van der Waals surface area contributed by atoms with Gasteiger partial charge < -0.3 is 10.6 Å². The van der Waals surface area contributed by atoms with Crippen molar-refractivity contribution in [1.82, 2.24) is 9.97 Å². The van der Waals surface area contributed by atoms with Crippen LogP contribution in [0.4, 0.5) is 11.6 Å². The first kappa shape index (κ1) is 15.7. The topological polar surface area (TPSA) is 49.8 Å². The van der Waals surface area contributed by atoms with Gasteiger partial charge in [-0.2, -0.15) is 0 Å². The SMILES string of the molecule is CCCNc1ncnc(NC(C)C(C)C)c1CCC. The Morgan fingerprint density at radius 2 is 1.74 bits per heavy atom. The second-order valence-electron chi connectivity index (χ2n) is 5.40. The fraction of sp³-hybridized carbons (Fsp3) is 0.733. The van der Waals surface area contributed by atoms with E-state index in [1.165, 1.54) is 5.56 Å². The molecule has 0 saturated heterocycles. The molecule has 0 spiro atoms. The first-order valence-electron chi connectivity index (χ1n) is 7.44. The minimum absolute atomic E-state index is 0.407. The predicted molar refractivity (Wildman–Crippen MR) is 82.7 cm³/mol. The molecule has 1 rings (SSSR count). The molecule has 4 heteroatoms. The van der Waals surface area contributed by atoms with E-state index in [2.05, 4.69) is 55.2 Å². The highest BCUT2D eigenvalue weighted by atomic mass is 15.1. The van der Waals surface area contributed by atoms with Crippen molar-refractivity contribution in [3.8, 4) is 0 Å². The van der Waals surface area contributed by atoms with Gasteiger partial charge in [-0.05, 0) is 25.7 Å². The number of anilines is 2. The number of aromatic nitrogens is 2. The van der Waals surface area contributed by atoms with E-state index in [1.54, 1.807) is 6.33 Å². The van der Waals surface area contributed by atoms with Crippen LogP contribution < -0.4 is 10.6 Å². The van der Waals surface area contributed by atoms with Gasteiger partial charge in [0.25, 0.3) is 0 Å². The van der Waals surface area contributed by atoms with Crippen molar-refractivity contribution >= 4 is 11.6 Å². The fourth-order valence-corrected chi connectivity index (χ4v) is 1.80. The van der Waals surface area contributed by atoms with Gasteiger partial charge in [0.1, 0.15) is 18.0 Å². The van der Waals surface area contributed by atoms with E-state index in [0.717, 1.165) is 37.4 Å². The van der Waals surface area contributed by atoms with Crippen molar-refractivity contribution in [2.24, 2.45) is 5.92 Å². The minimum atomic E-state index is 0.407. The molecule has 0 aliphatic rings. The third kappa shape index (κ3) is 4.69. The molecule has 1 aromatic rings. The Balaban J connectivity index is 2.94. The molecule has 1 unspecified atom stereocenters.